The number of halogens is 1. The molecule has 0 spiro atoms. The average molecular weight is 391 g/mol. The van der Waals surface area contributed by atoms with Crippen molar-refractivity contribution in [2.75, 3.05) is 27.8 Å². The smallest absolute Gasteiger partial charge is 0.236 e. The standard InChI is InChI=1S/C21H27ClN2O3/c1-14-10-19(26-4)20(27-5)11-16(14)13-24(3)21(25)12-23-15(2)17-8-6-7-9-18(17)22/h6-11,15,23H,12-13H2,1-5H3/t15-/m1/s1. The summed E-state index contributed by atoms with van der Waals surface area (Å²) in [5.74, 6) is 1.34. The van der Waals surface area contributed by atoms with Crippen molar-refractivity contribution < 1.29 is 14.3 Å². The number of nitrogens with zero attached hydrogens (tertiary/aromatic N) is 1. The van der Waals surface area contributed by atoms with Crippen LogP contribution in [0.25, 0.3) is 0 Å². The van der Waals surface area contributed by atoms with E-state index in [0.29, 0.717) is 23.1 Å². The molecule has 0 aliphatic heterocycles. The lowest BCUT2D eigenvalue weighted by atomic mass is 10.1. The maximum Gasteiger partial charge on any atom is 0.236 e. The molecule has 1 N–H and O–H groups in total. The molecule has 0 radical (unpaired) electrons. The van der Waals surface area contributed by atoms with Crippen LogP contribution in [0.2, 0.25) is 5.02 Å². The van der Waals surface area contributed by atoms with Gasteiger partial charge in [-0.05, 0) is 48.7 Å². The van der Waals surface area contributed by atoms with E-state index in [1.54, 1.807) is 26.2 Å². The van der Waals surface area contributed by atoms with E-state index in [1.807, 2.05) is 50.2 Å². The maximum absolute atomic E-state index is 12.5. The third-order valence-corrected chi connectivity index (χ3v) is 4.95. The van der Waals surface area contributed by atoms with Crippen molar-refractivity contribution in [1.82, 2.24) is 10.2 Å². The molecule has 2 aromatic carbocycles. The number of carbonyl (C=O) groups is 1. The molecule has 0 aliphatic carbocycles. The lowest BCUT2D eigenvalue weighted by Crippen LogP contribution is -2.36. The zero-order valence-corrected chi connectivity index (χ0v) is 17.3. The Hall–Kier alpha value is -2.24. The van der Waals surface area contributed by atoms with Crippen LogP contribution >= 0.6 is 11.6 Å². The number of ether oxygens (including phenoxy) is 2. The van der Waals surface area contributed by atoms with Gasteiger partial charge in [0.2, 0.25) is 5.91 Å². The van der Waals surface area contributed by atoms with Crippen molar-refractivity contribution in [3.8, 4) is 11.5 Å². The zero-order chi connectivity index (χ0) is 20.0. The van der Waals surface area contributed by atoms with Gasteiger partial charge in [0.25, 0.3) is 0 Å². The van der Waals surface area contributed by atoms with Crippen molar-refractivity contribution in [1.29, 1.82) is 0 Å². The summed E-state index contributed by atoms with van der Waals surface area (Å²) in [6.07, 6.45) is 0. The normalized spacial score (nSPS) is 11.8. The number of nitrogens with one attached hydrogen (secondary N) is 1. The van der Waals surface area contributed by atoms with Crippen LogP contribution in [0, 0.1) is 6.92 Å². The molecule has 2 rings (SSSR count). The number of likely N-dealkylation sites (N-methyl/N-ethyl adjacent to an activating group) is 1. The van der Waals surface area contributed by atoms with Crippen LogP contribution in [-0.4, -0.2) is 38.6 Å². The van der Waals surface area contributed by atoms with E-state index in [4.69, 9.17) is 21.1 Å². The zero-order valence-electron chi connectivity index (χ0n) is 16.5. The molecule has 0 bridgehead atoms. The number of amides is 1. The van der Waals surface area contributed by atoms with Gasteiger partial charge in [0, 0.05) is 24.7 Å². The number of hydrogen-bond donors (Lipinski definition) is 1. The second-order valence-corrected chi connectivity index (χ2v) is 6.91. The lowest BCUT2D eigenvalue weighted by Gasteiger charge is -2.22. The van der Waals surface area contributed by atoms with E-state index >= 15 is 0 Å². The van der Waals surface area contributed by atoms with Crippen molar-refractivity contribution >= 4 is 17.5 Å². The summed E-state index contributed by atoms with van der Waals surface area (Å²) in [4.78, 5) is 14.2. The molecule has 1 amide bonds. The largest absolute Gasteiger partial charge is 0.493 e. The van der Waals surface area contributed by atoms with Gasteiger partial charge < -0.3 is 19.7 Å². The minimum atomic E-state index is -0.0149. The van der Waals surface area contributed by atoms with Gasteiger partial charge in [0.05, 0.1) is 20.8 Å². The van der Waals surface area contributed by atoms with E-state index in [1.165, 1.54) is 0 Å². The van der Waals surface area contributed by atoms with Crippen molar-refractivity contribution in [3.05, 3.63) is 58.1 Å². The molecule has 0 saturated carbocycles. The number of methoxy groups -OCH3 is 2. The summed E-state index contributed by atoms with van der Waals surface area (Å²) in [5.41, 5.74) is 3.04. The minimum Gasteiger partial charge on any atom is -0.493 e. The lowest BCUT2D eigenvalue weighted by molar-refractivity contribution is -0.129. The Kier molecular flexibility index (Phi) is 7.51. The number of hydrogen-bond acceptors (Lipinski definition) is 4. The Balaban J connectivity index is 1.99. The highest BCUT2D eigenvalue weighted by Gasteiger charge is 2.15. The maximum atomic E-state index is 12.5. The molecule has 0 saturated heterocycles. The molecule has 0 aliphatic rings. The van der Waals surface area contributed by atoms with Gasteiger partial charge in [0.1, 0.15) is 0 Å². The number of carbonyl (C=O) groups excluding carboxylic acids is 1. The average Bonchev–Trinajstić information content (AvgIpc) is 2.67. The highest BCUT2D eigenvalue weighted by Crippen LogP contribution is 2.30. The molecule has 146 valence electrons. The summed E-state index contributed by atoms with van der Waals surface area (Å²) in [7, 11) is 5.00. The predicted molar refractivity (Wildman–Crippen MR) is 109 cm³/mol. The molecular weight excluding hydrogens is 364 g/mol. The SMILES string of the molecule is COc1cc(C)c(CN(C)C(=O)CN[C@H](C)c2ccccc2Cl)cc1OC. The molecule has 0 fully saturated rings. The Morgan fingerprint density at radius 1 is 1.19 bits per heavy atom. The summed E-state index contributed by atoms with van der Waals surface area (Å²) in [6, 6.07) is 11.5. The molecule has 1 atom stereocenters. The fourth-order valence-electron chi connectivity index (χ4n) is 2.85. The fourth-order valence-corrected chi connectivity index (χ4v) is 3.15. The Bertz CT molecular complexity index is 795. The van der Waals surface area contributed by atoms with Crippen molar-refractivity contribution in [2.24, 2.45) is 0 Å². The molecular formula is C21H27ClN2O3. The second kappa shape index (κ2) is 9.62. The van der Waals surface area contributed by atoms with Gasteiger partial charge in [-0.15, -0.1) is 0 Å². The Morgan fingerprint density at radius 3 is 2.44 bits per heavy atom. The van der Waals surface area contributed by atoms with Crippen LogP contribution in [-0.2, 0) is 11.3 Å². The number of benzene rings is 2. The third-order valence-electron chi connectivity index (χ3n) is 4.61. The van der Waals surface area contributed by atoms with Crippen molar-refractivity contribution in [3.63, 3.8) is 0 Å². The molecule has 5 nitrogen and oxygen atoms in total. The quantitative estimate of drug-likeness (QED) is 0.740. The summed E-state index contributed by atoms with van der Waals surface area (Å²) in [6.45, 7) is 4.71. The Morgan fingerprint density at radius 2 is 1.81 bits per heavy atom. The topological polar surface area (TPSA) is 50.8 Å². The van der Waals surface area contributed by atoms with E-state index in [2.05, 4.69) is 5.32 Å². The van der Waals surface area contributed by atoms with Gasteiger partial charge in [-0.25, -0.2) is 0 Å². The molecule has 0 aromatic heterocycles. The number of aryl methyl sites for hydroxylation is 1. The predicted octanol–water partition coefficient (Wildman–Crippen LogP) is 3.97. The molecule has 0 heterocycles. The van der Waals surface area contributed by atoms with E-state index < -0.39 is 0 Å². The van der Waals surface area contributed by atoms with Crippen LogP contribution in [0.3, 0.4) is 0 Å². The molecule has 6 heteroatoms. The van der Waals surface area contributed by atoms with E-state index in [-0.39, 0.29) is 18.5 Å². The van der Waals surface area contributed by atoms with E-state index in [9.17, 15) is 4.79 Å². The first-order valence-corrected chi connectivity index (χ1v) is 9.18. The van der Waals surface area contributed by atoms with Crippen LogP contribution in [0.15, 0.2) is 36.4 Å². The van der Waals surface area contributed by atoms with Gasteiger partial charge in [0.15, 0.2) is 11.5 Å². The first-order chi connectivity index (χ1) is 12.9. The summed E-state index contributed by atoms with van der Waals surface area (Å²) < 4.78 is 10.7. The monoisotopic (exact) mass is 390 g/mol. The number of rotatable bonds is 8. The second-order valence-electron chi connectivity index (χ2n) is 6.51. The van der Waals surface area contributed by atoms with Crippen LogP contribution < -0.4 is 14.8 Å². The van der Waals surface area contributed by atoms with Crippen LogP contribution in [0.5, 0.6) is 11.5 Å². The van der Waals surface area contributed by atoms with Gasteiger partial charge in [-0.2, -0.15) is 0 Å². The highest BCUT2D eigenvalue weighted by molar-refractivity contribution is 6.31. The highest BCUT2D eigenvalue weighted by atomic mass is 35.5. The third kappa shape index (κ3) is 5.37. The first-order valence-electron chi connectivity index (χ1n) is 8.80. The van der Waals surface area contributed by atoms with Gasteiger partial charge in [-0.3, -0.25) is 4.79 Å². The Labute approximate surface area is 166 Å². The van der Waals surface area contributed by atoms with Crippen LogP contribution in [0.1, 0.15) is 29.7 Å². The van der Waals surface area contributed by atoms with Gasteiger partial charge in [-0.1, -0.05) is 29.8 Å². The molecule has 2 aromatic rings. The summed E-state index contributed by atoms with van der Waals surface area (Å²) in [5, 5.41) is 3.94. The fraction of sp³-hybridized carbons (Fsp3) is 0.381. The van der Waals surface area contributed by atoms with Gasteiger partial charge >= 0.3 is 0 Å². The molecule has 27 heavy (non-hydrogen) atoms. The minimum absolute atomic E-state index is 0.00286. The van der Waals surface area contributed by atoms with E-state index in [0.717, 1.165) is 16.7 Å². The van der Waals surface area contributed by atoms with Crippen LogP contribution in [0.4, 0.5) is 0 Å². The van der Waals surface area contributed by atoms with Crippen molar-refractivity contribution in [2.45, 2.75) is 26.4 Å². The first kappa shape index (κ1) is 21.1. The summed E-state index contributed by atoms with van der Waals surface area (Å²) >= 11 is 6.22. The molecule has 0 unspecified atom stereocenters.